The number of halogens is 1. The normalized spacial score (nSPS) is 10.4. The highest BCUT2D eigenvalue weighted by Gasteiger charge is 2.22. The molecule has 8 heteroatoms. The maximum absolute atomic E-state index is 10.9. The Labute approximate surface area is 94.8 Å². The standard InChI is InChI=1S/C8H6ClN5O2/c1-13-8(10-11-12-13)5-3-2-4-6(9)7(5)14(15)16/h2-4H,1H3. The highest BCUT2D eigenvalue weighted by Crippen LogP contribution is 2.33. The van der Waals surface area contributed by atoms with E-state index in [0.29, 0.717) is 11.4 Å². The van der Waals surface area contributed by atoms with E-state index in [-0.39, 0.29) is 10.7 Å². The van der Waals surface area contributed by atoms with Gasteiger partial charge in [0.05, 0.1) is 4.92 Å². The molecule has 0 radical (unpaired) electrons. The average Bonchev–Trinajstić information content (AvgIpc) is 2.63. The summed E-state index contributed by atoms with van der Waals surface area (Å²) in [7, 11) is 1.60. The van der Waals surface area contributed by atoms with Gasteiger partial charge in [-0.3, -0.25) is 10.1 Å². The molecule has 16 heavy (non-hydrogen) atoms. The van der Waals surface area contributed by atoms with Crippen LogP contribution in [-0.2, 0) is 7.05 Å². The molecule has 1 aromatic heterocycles. The Morgan fingerprint density at radius 2 is 2.25 bits per heavy atom. The van der Waals surface area contributed by atoms with Crippen LogP contribution in [0.1, 0.15) is 0 Å². The summed E-state index contributed by atoms with van der Waals surface area (Å²) in [5.41, 5.74) is 0.104. The lowest BCUT2D eigenvalue weighted by Gasteiger charge is -2.01. The zero-order valence-electron chi connectivity index (χ0n) is 8.16. The smallest absolute Gasteiger partial charge is 0.258 e. The number of aryl methyl sites for hydroxylation is 1. The summed E-state index contributed by atoms with van der Waals surface area (Å²) in [4.78, 5) is 10.3. The summed E-state index contributed by atoms with van der Waals surface area (Å²) >= 11 is 5.77. The largest absolute Gasteiger partial charge is 0.298 e. The molecule has 1 heterocycles. The van der Waals surface area contributed by atoms with Gasteiger partial charge in [0, 0.05) is 7.05 Å². The minimum atomic E-state index is -0.549. The molecule has 2 rings (SSSR count). The lowest BCUT2D eigenvalue weighted by atomic mass is 10.1. The minimum Gasteiger partial charge on any atom is -0.258 e. The van der Waals surface area contributed by atoms with Crippen molar-refractivity contribution in [1.29, 1.82) is 0 Å². The van der Waals surface area contributed by atoms with Crippen molar-refractivity contribution in [3.63, 3.8) is 0 Å². The van der Waals surface area contributed by atoms with Crippen LogP contribution in [0.15, 0.2) is 18.2 Å². The molecular weight excluding hydrogens is 234 g/mol. The number of nitro groups is 1. The second kappa shape index (κ2) is 3.86. The van der Waals surface area contributed by atoms with Crippen LogP contribution < -0.4 is 0 Å². The van der Waals surface area contributed by atoms with Crippen molar-refractivity contribution >= 4 is 17.3 Å². The molecule has 0 atom stereocenters. The van der Waals surface area contributed by atoms with Crippen LogP contribution in [0.5, 0.6) is 0 Å². The number of benzene rings is 1. The molecule has 0 aliphatic heterocycles. The number of hydrogen-bond donors (Lipinski definition) is 0. The Kier molecular flexibility index (Phi) is 2.53. The van der Waals surface area contributed by atoms with Gasteiger partial charge in [-0.15, -0.1) is 5.10 Å². The van der Waals surface area contributed by atoms with Crippen LogP contribution in [0, 0.1) is 10.1 Å². The van der Waals surface area contributed by atoms with Gasteiger partial charge in [0.15, 0.2) is 5.82 Å². The van der Waals surface area contributed by atoms with E-state index in [9.17, 15) is 10.1 Å². The third-order valence-electron chi connectivity index (χ3n) is 2.03. The summed E-state index contributed by atoms with van der Waals surface area (Å²) in [6, 6.07) is 4.61. The second-order valence-corrected chi connectivity index (χ2v) is 3.43. The van der Waals surface area contributed by atoms with Crippen LogP contribution in [0.4, 0.5) is 5.69 Å². The molecule has 0 saturated heterocycles. The van der Waals surface area contributed by atoms with Gasteiger partial charge in [-0.1, -0.05) is 17.7 Å². The van der Waals surface area contributed by atoms with Crippen LogP contribution >= 0.6 is 11.6 Å². The summed E-state index contributed by atoms with van der Waals surface area (Å²) in [5, 5.41) is 21.7. The molecule has 0 bridgehead atoms. The number of aromatic nitrogens is 4. The topological polar surface area (TPSA) is 86.7 Å². The molecule has 2 aromatic rings. The minimum absolute atomic E-state index is 0.0606. The molecule has 0 unspecified atom stereocenters. The third-order valence-corrected chi connectivity index (χ3v) is 2.34. The van der Waals surface area contributed by atoms with Crippen molar-refractivity contribution in [2.45, 2.75) is 0 Å². The Hall–Kier alpha value is -2.02. The van der Waals surface area contributed by atoms with E-state index < -0.39 is 4.92 Å². The van der Waals surface area contributed by atoms with Crippen LogP contribution in [0.2, 0.25) is 5.02 Å². The molecule has 82 valence electrons. The van der Waals surface area contributed by atoms with E-state index >= 15 is 0 Å². The van der Waals surface area contributed by atoms with Gasteiger partial charge in [0.2, 0.25) is 0 Å². The Bertz CT molecular complexity index is 553. The monoisotopic (exact) mass is 239 g/mol. The quantitative estimate of drug-likeness (QED) is 0.585. The van der Waals surface area contributed by atoms with Crippen molar-refractivity contribution in [3.8, 4) is 11.4 Å². The maximum atomic E-state index is 10.9. The number of para-hydroxylation sites is 1. The van der Waals surface area contributed by atoms with Crippen LogP contribution in [-0.4, -0.2) is 25.1 Å². The molecule has 0 spiro atoms. The Morgan fingerprint density at radius 1 is 1.50 bits per heavy atom. The predicted molar refractivity (Wildman–Crippen MR) is 55.9 cm³/mol. The van der Waals surface area contributed by atoms with Gasteiger partial charge in [-0.25, -0.2) is 4.68 Å². The van der Waals surface area contributed by atoms with E-state index in [1.165, 1.54) is 10.7 Å². The van der Waals surface area contributed by atoms with Gasteiger partial charge in [-0.2, -0.15) is 0 Å². The van der Waals surface area contributed by atoms with E-state index in [4.69, 9.17) is 11.6 Å². The highest BCUT2D eigenvalue weighted by molar-refractivity contribution is 6.33. The van der Waals surface area contributed by atoms with Gasteiger partial charge in [0.1, 0.15) is 10.6 Å². The maximum Gasteiger partial charge on any atom is 0.298 e. The lowest BCUT2D eigenvalue weighted by Crippen LogP contribution is -1.99. The predicted octanol–water partition coefficient (Wildman–Crippen LogP) is 1.44. The molecular formula is C8H6ClN5O2. The lowest BCUT2D eigenvalue weighted by molar-refractivity contribution is -0.384. The van der Waals surface area contributed by atoms with E-state index in [2.05, 4.69) is 15.5 Å². The number of hydrogen-bond acceptors (Lipinski definition) is 5. The fourth-order valence-electron chi connectivity index (χ4n) is 1.34. The first kappa shape index (κ1) is 10.5. The van der Waals surface area contributed by atoms with Crippen molar-refractivity contribution in [2.24, 2.45) is 7.05 Å². The van der Waals surface area contributed by atoms with Gasteiger partial charge in [0.25, 0.3) is 5.69 Å². The molecule has 1 aromatic carbocycles. The fraction of sp³-hybridized carbons (Fsp3) is 0.125. The van der Waals surface area contributed by atoms with Crippen molar-refractivity contribution in [1.82, 2.24) is 20.2 Å². The summed E-state index contributed by atoms with van der Waals surface area (Å²) in [6.07, 6.45) is 0. The molecule has 0 saturated carbocycles. The van der Waals surface area contributed by atoms with Crippen LogP contribution in [0.3, 0.4) is 0 Å². The zero-order valence-corrected chi connectivity index (χ0v) is 8.92. The average molecular weight is 240 g/mol. The first-order valence-electron chi connectivity index (χ1n) is 4.27. The van der Waals surface area contributed by atoms with Crippen molar-refractivity contribution in [3.05, 3.63) is 33.3 Å². The molecule has 7 nitrogen and oxygen atoms in total. The highest BCUT2D eigenvalue weighted by atomic mass is 35.5. The first-order chi connectivity index (χ1) is 7.61. The van der Waals surface area contributed by atoms with Crippen molar-refractivity contribution in [2.75, 3.05) is 0 Å². The second-order valence-electron chi connectivity index (χ2n) is 3.02. The van der Waals surface area contributed by atoms with Gasteiger partial charge < -0.3 is 0 Å². The number of rotatable bonds is 2. The van der Waals surface area contributed by atoms with E-state index in [1.807, 2.05) is 0 Å². The van der Waals surface area contributed by atoms with Crippen molar-refractivity contribution < 1.29 is 4.92 Å². The molecule has 0 fully saturated rings. The summed E-state index contributed by atoms with van der Waals surface area (Å²) in [5.74, 6) is 0.300. The van der Waals surface area contributed by atoms with E-state index in [1.54, 1.807) is 19.2 Å². The summed E-state index contributed by atoms with van der Waals surface area (Å²) in [6.45, 7) is 0. The van der Waals surface area contributed by atoms with Crippen LogP contribution in [0.25, 0.3) is 11.4 Å². The number of tetrazole rings is 1. The Morgan fingerprint density at radius 3 is 2.81 bits per heavy atom. The summed E-state index contributed by atoms with van der Waals surface area (Å²) < 4.78 is 1.35. The number of nitro benzene ring substituents is 1. The fourth-order valence-corrected chi connectivity index (χ4v) is 1.58. The zero-order chi connectivity index (χ0) is 11.7. The third kappa shape index (κ3) is 1.61. The Balaban J connectivity index is 2.70. The van der Waals surface area contributed by atoms with E-state index in [0.717, 1.165) is 0 Å². The molecule has 0 amide bonds. The van der Waals surface area contributed by atoms with Gasteiger partial charge >= 0.3 is 0 Å². The molecule has 0 aliphatic rings. The molecule has 0 aliphatic carbocycles. The van der Waals surface area contributed by atoms with Gasteiger partial charge in [-0.05, 0) is 22.6 Å². The first-order valence-corrected chi connectivity index (χ1v) is 4.64. The number of nitrogens with zero attached hydrogens (tertiary/aromatic N) is 5. The molecule has 0 N–H and O–H groups in total. The SMILES string of the molecule is Cn1nnnc1-c1cccc(Cl)c1[N+](=O)[O-].